The van der Waals surface area contributed by atoms with Crippen LogP contribution in [0.15, 0.2) is 45.8 Å². The topological polar surface area (TPSA) is 75.7 Å². The summed E-state index contributed by atoms with van der Waals surface area (Å²) in [7, 11) is -0.563. The zero-order chi connectivity index (χ0) is 20.4. The van der Waals surface area contributed by atoms with Gasteiger partial charge in [0.2, 0.25) is 10.0 Å². The third-order valence-corrected chi connectivity index (χ3v) is 6.28. The largest absolute Gasteiger partial charge is 0.480 e. The highest BCUT2D eigenvalue weighted by atomic mass is 79.9. The first-order valence-corrected chi connectivity index (χ1v) is 10.5. The number of hydrogen-bond acceptors (Lipinski definition) is 4. The van der Waals surface area contributed by atoms with Gasteiger partial charge in [-0.25, -0.2) is 12.7 Å². The zero-order valence-corrected chi connectivity index (χ0v) is 18.3. The lowest BCUT2D eigenvalue weighted by Gasteiger charge is -2.18. The zero-order valence-electron chi connectivity index (χ0n) is 15.9. The second-order valence-corrected chi connectivity index (χ2v) is 9.50. The number of benzene rings is 2. The highest BCUT2D eigenvalue weighted by molar-refractivity contribution is 9.10. The van der Waals surface area contributed by atoms with Gasteiger partial charge in [0.15, 0.2) is 6.10 Å². The van der Waals surface area contributed by atoms with Crippen molar-refractivity contribution in [1.29, 1.82) is 0 Å². The predicted octanol–water partition coefficient (Wildman–Crippen LogP) is 3.72. The van der Waals surface area contributed by atoms with Gasteiger partial charge in [0, 0.05) is 24.3 Å². The van der Waals surface area contributed by atoms with Gasteiger partial charge in [-0.1, -0.05) is 15.9 Å². The van der Waals surface area contributed by atoms with Crippen LogP contribution in [0.3, 0.4) is 0 Å². The first-order valence-electron chi connectivity index (χ1n) is 8.29. The van der Waals surface area contributed by atoms with Gasteiger partial charge in [0.25, 0.3) is 5.91 Å². The fourth-order valence-electron chi connectivity index (χ4n) is 2.48. The first-order chi connectivity index (χ1) is 12.5. The Morgan fingerprint density at radius 3 is 2.11 bits per heavy atom. The lowest BCUT2D eigenvalue weighted by molar-refractivity contribution is -0.122. The Hall–Kier alpha value is -1.90. The average molecular weight is 455 g/mol. The van der Waals surface area contributed by atoms with Crippen molar-refractivity contribution in [3.05, 3.63) is 52.0 Å². The van der Waals surface area contributed by atoms with E-state index in [0.717, 1.165) is 19.9 Å². The summed E-state index contributed by atoms with van der Waals surface area (Å²) in [6, 6.07) is 9.88. The van der Waals surface area contributed by atoms with Crippen LogP contribution in [0, 0.1) is 13.8 Å². The predicted molar refractivity (Wildman–Crippen MR) is 110 cm³/mol. The van der Waals surface area contributed by atoms with Crippen LogP contribution in [0.5, 0.6) is 5.75 Å². The molecule has 0 bridgehead atoms. The van der Waals surface area contributed by atoms with Crippen LogP contribution in [0.4, 0.5) is 5.69 Å². The number of halogens is 1. The average Bonchev–Trinajstić information content (AvgIpc) is 2.58. The number of hydrogen-bond donors (Lipinski definition) is 1. The molecule has 0 saturated carbocycles. The molecule has 0 heterocycles. The number of anilines is 1. The molecule has 2 aromatic rings. The summed E-state index contributed by atoms with van der Waals surface area (Å²) in [4.78, 5) is 12.6. The lowest BCUT2D eigenvalue weighted by atomic mass is 10.1. The molecule has 1 atom stereocenters. The maximum Gasteiger partial charge on any atom is 0.265 e. The molecule has 2 rings (SSSR count). The maximum absolute atomic E-state index is 12.4. The van der Waals surface area contributed by atoms with Crippen molar-refractivity contribution in [3.8, 4) is 5.75 Å². The molecule has 6 nitrogen and oxygen atoms in total. The number of aryl methyl sites for hydroxylation is 2. The number of carbonyl (C=O) groups is 1. The second-order valence-electron chi connectivity index (χ2n) is 6.43. The number of sulfonamides is 1. The van der Waals surface area contributed by atoms with Crippen LogP contribution in [-0.4, -0.2) is 38.8 Å². The Kier molecular flexibility index (Phi) is 6.67. The normalized spacial score (nSPS) is 12.7. The SMILES string of the molecule is Cc1cc(Br)cc(C)c1O[C@H](C)C(=O)Nc1ccc(S(=O)(=O)N(C)C)cc1. The molecular weight excluding hydrogens is 432 g/mol. The summed E-state index contributed by atoms with van der Waals surface area (Å²) < 4.78 is 32.1. The number of amides is 1. The van der Waals surface area contributed by atoms with Gasteiger partial charge in [-0.3, -0.25) is 4.79 Å². The van der Waals surface area contributed by atoms with E-state index in [1.165, 1.54) is 26.2 Å². The Morgan fingerprint density at radius 1 is 1.11 bits per heavy atom. The molecule has 0 aliphatic heterocycles. The van der Waals surface area contributed by atoms with Gasteiger partial charge in [-0.05, 0) is 68.3 Å². The molecular formula is C19H23BrN2O4S. The molecule has 0 radical (unpaired) electrons. The summed E-state index contributed by atoms with van der Waals surface area (Å²) >= 11 is 3.43. The molecule has 146 valence electrons. The Bertz CT molecular complexity index is 918. The molecule has 0 unspecified atom stereocenters. The molecule has 2 aromatic carbocycles. The summed E-state index contributed by atoms with van der Waals surface area (Å²) in [6.07, 6.45) is -0.714. The van der Waals surface area contributed by atoms with E-state index in [4.69, 9.17) is 4.74 Å². The third kappa shape index (κ3) is 5.09. The minimum atomic E-state index is -3.50. The van der Waals surface area contributed by atoms with Crippen LogP contribution in [0.2, 0.25) is 0 Å². The number of carbonyl (C=O) groups excluding carboxylic acids is 1. The summed E-state index contributed by atoms with van der Waals surface area (Å²) in [6.45, 7) is 5.50. The van der Waals surface area contributed by atoms with E-state index in [0.29, 0.717) is 11.4 Å². The number of ether oxygens (including phenoxy) is 1. The fourth-order valence-corrected chi connectivity index (χ4v) is 4.07. The van der Waals surface area contributed by atoms with E-state index in [1.54, 1.807) is 19.1 Å². The summed E-state index contributed by atoms with van der Waals surface area (Å²) in [5, 5.41) is 2.74. The van der Waals surface area contributed by atoms with E-state index in [-0.39, 0.29) is 10.8 Å². The van der Waals surface area contributed by atoms with Crippen molar-refractivity contribution < 1.29 is 17.9 Å². The first kappa shape index (κ1) is 21.4. The molecule has 1 amide bonds. The third-order valence-electron chi connectivity index (χ3n) is 3.99. The van der Waals surface area contributed by atoms with Gasteiger partial charge in [-0.2, -0.15) is 0 Å². The van der Waals surface area contributed by atoms with Crippen LogP contribution < -0.4 is 10.1 Å². The van der Waals surface area contributed by atoms with Crippen molar-refractivity contribution in [1.82, 2.24) is 4.31 Å². The molecule has 0 aromatic heterocycles. The highest BCUT2D eigenvalue weighted by Gasteiger charge is 2.19. The quantitative estimate of drug-likeness (QED) is 0.721. The van der Waals surface area contributed by atoms with Crippen LogP contribution in [0.1, 0.15) is 18.1 Å². The van der Waals surface area contributed by atoms with E-state index >= 15 is 0 Å². The van der Waals surface area contributed by atoms with Crippen LogP contribution in [0.25, 0.3) is 0 Å². The molecule has 0 aliphatic carbocycles. The lowest BCUT2D eigenvalue weighted by Crippen LogP contribution is -2.30. The summed E-state index contributed by atoms with van der Waals surface area (Å²) in [5.74, 6) is 0.355. The van der Waals surface area contributed by atoms with Crippen molar-refractivity contribution in [3.63, 3.8) is 0 Å². The minimum absolute atomic E-state index is 0.163. The molecule has 1 N–H and O–H groups in total. The van der Waals surface area contributed by atoms with Crippen molar-refractivity contribution in [2.45, 2.75) is 31.8 Å². The number of rotatable bonds is 6. The monoisotopic (exact) mass is 454 g/mol. The second kappa shape index (κ2) is 8.41. The van der Waals surface area contributed by atoms with Crippen LogP contribution in [-0.2, 0) is 14.8 Å². The summed E-state index contributed by atoms with van der Waals surface area (Å²) in [5.41, 5.74) is 2.36. The number of nitrogens with one attached hydrogen (secondary N) is 1. The van der Waals surface area contributed by atoms with Crippen molar-refractivity contribution in [2.75, 3.05) is 19.4 Å². The molecule has 0 saturated heterocycles. The number of nitrogens with zero attached hydrogens (tertiary/aromatic N) is 1. The van der Waals surface area contributed by atoms with Crippen LogP contribution >= 0.6 is 15.9 Å². The molecule has 27 heavy (non-hydrogen) atoms. The van der Waals surface area contributed by atoms with Gasteiger partial charge in [0.05, 0.1) is 4.90 Å². The van der Waals surface area contributed by atoms with Gasteiger partial charge in [0.1, 0.15) is 5.75 Å². The van der Waals surface area contributed by atoms with E-state index in [9.17, 15) is 13.2 Å². The molecule has 0 aliphatic rings. The molecule has 0 fully saturated rings. The van der Waals surface area contributed by atoms with Gasteiger partial charge < -0.3 is 10.1 Å². The Labute approximate surface area is 168 Å². The van der Waals surface area contributed by atoms with Crippen molar-refractivity contribution in [2.24, 2.45) is 0 Å². The molecule has 0 spiro atoms. The molecule has 8 heteroatoms. The smallest absolute Gasteiger partial charge is 0.265 e. The Balaban J connectivity index is 2.09. The van der Waals surface area contributed by atoms with Gasteiger partial charge >= 0.3 is 0 Å². The highest BCUT2D eigenvalue weighted by Crippen LogP contribution is 2.28. The maximum atomic E-state index is 12.4. The fraction of sp³-hybridized carbons (Fsp3) is 0.316. The van der Waals surface area contributed by atoms with E-state index in [1.807, 2.05) is 26.0 Å². The van der Waals surface area contributed by atoms with Crippen molar-refractivity contribution >= 4 is 37.5 Å². The van der Waals surface area contributed by atoms with E-state index in [2.05, 4.69) is 21.2 Å². The standard InChI is InChI=1S/C19H23BrN2O4S/c1-12-10-15(20)11-13(2)18(12)26-14(3)19(23)21-16-6-8-17(9-7-16)27(24,25)22(4)5/h6-11,14H,1-5H3,(H,21,23)/t14-/m1/s1. The minimum Gasteiger partial charge on any atom is -0.480 e. The Morgan fingerprint density at radius 2 is 1.63 bits per heavy atom. The van der Waals surface area contributed by atoms with E-state index < -0.39 is 16.1 Å². The van der Waals surface area contributed by atoms with Gasteiger partial charge in [-0.15, -0.1) is 0 Å².